The van der Waals surface area contributed by atoms with Crippen LogP contribution in [0.4, 0.5) is 0 Å². The summed E-state index contributed by atoms with van der Waals surface area (Å²) in [6.07, 6.45) is 7.69. The number of imidazole rings is 1. The van der Waals surface area contributed by atoms with E-state index >= 15 is 0 Å². The van der Waals surface area contributed by atoms with Gasteiger partial charge in [0.25, 0.3) is 10.0 Å². The summed E-state index contributed by atoms with van der Waals surface area (Å²) in [5.74, 6) is 0.950. The van der Waals surface area contributed by atoms with Crippen molar-refractivity contribution < 1.29 is 8.42 Å². The lowest BCUT2D eigenvalue weighted by Gasteiger charge is -2.30. The number of fused-ring (bicyclic) bond motifs is 3. The molecule has 0 amide bonds. The summed E-state index contributed by atoms with van der Waals surface area (Å²) in [6, 6.07) is 11.2. The van der Waals surface area contributed by atoms with E-state index in [1.54, 1.807) is 42.7 Å². The van der Waals surface area contributed by atoms with Crippen LogP contribution in [0.15, 0.2) is 53.7 Å². The summed E-state index contributed by atoms with van der Waals surface area (Å²) in [5, 5.41) is 4.20. The van der Waals surface area contributed by atoms with Gasteiger partial charge < -0.3 is 9.88 Å². The highest BCUT2D eigenvalue weighted by molar-refractivity contribution is 7.90. The molecule has 1 aromatic carbocycles. The number of nitrogens with one attached hydrogen (secondary N) is 1. The molecule has 0 radical (unpaired) electrons. The Morgan fingerprint density at radius 3 is 2.50 bits per heavy atom. The summed E-state index contributed by atoms with van der Waals surface area (Å²) in [7, 11) is -1.69. The maximum absolute atomic E-state index is 13.2. The summed E-state index contributed by atoms with van der Waals surface area (Å²) >= 11 is 0. The van der Waals surface area contributed by atoms with Crippen molar-refractivity contribution in [3.63, 3.8) is 0 Å². The molecule has 0 bridgehead atoms. The van der Waals surface area contributed by atoms with Gasteiger partial charge in [0.05, 0.1) is 16.6 Å². The summed E-state index contributed by atoms with van der Waals surface area (Å²) in [4.78, 5) is 9.47. The van der Waals surface area contributed by atoms with Crippen LogP contribution in [0.3, 0.4) is 0 Å². The first-order valence-electron chi connectivity index (χ1n) is 10.3. The largest absolute Gasteiger partial charge is 0.324 e. The number of rotatable bonds is 4. The fourth-order valence-corrected chi connectivity index (χ4v) is 6.06. The maximum atomic E-state index is 13.2. The van der Waals surface area contributed by atoms with E-state index < -0.39 is 10.0 Å². The molecule has 4 aromatic rings. The van der Waals surface area contributed by atoms with Crippen LogP contribution < -0.4 is 5.32 Å². The van der Waals surface area contributed by atoms with Crippen molar-refractivity contribution in [1.82, 2.24) is 23.8 Å². The zero-order valence-corrected chi connectivity index (χ0v) is 17.9. The Labute approximate surface area is 175 Å². The molecule has 30 heavy (non-hydrogen) atoms. The van der Waals surface area contributed by atoms with E-state index in [2.05, 4.69) is 14.9 Å². The lowest BCUT2D eigenvalue weighted by molar-refractivity contribution is 0.302. The van der Waals surface area contributed by atoms with Crippen molar-refractivity contribution in [2.24, 2.45) is 0 Å². The fraction of sp³-hybridized carbons (Fsp3) is 0.364. The van der Waals surface area contributed by atoms with Gasteiger partial charge in [-0.1, -0.05) is 18.2 Å². The third-order valence-corrected chi connectivity index (χ3v) is 7.96. The van der Waals surface area contributed by atoms with Crippen LogP contribution in [0.2, 0.25) is 0 Å². The van der Waals surface area contributed by atoms with Crippen LogP contribution in [0, 0.1) is 6.92 Å². The molecule has 0 unspecified atom stereocenters. The van der Waals surface area contributed by atoms with Gasteiger partial charge in [-0.2, -0.15) is 0 Å². The van der Waals surface area contributed by atoms with Crippen molar-refractivity contribution in [3.8, 4) is 0 Å². The van der Waals surface area contributed by atoms with Gasteiger partial charge in [-0.25, -0.2) is 22.4 Å². The van der Waals surface area contributed by atoms with Crippen molar-refractivity contribution in [1.29, 1.82) is 0 Å². The highest BCUT2D eigenvalue weighted by Crippen LogP contribution is 2.35. The number of nitrogens with zero attached hydrogens (tertiary/aromatic N) is 4. The maximum Gasteiger partial charge on any atom is 0.269 e. The molecule has 0 spiro atoms. The second kappa shape index (κ2) is 7.21. The Morgan fingerprint density at radius 1 is 1.07 bits per heavy atom. The molecule has 3 heterocycles. The number of aryl methyl sites for hydroxylation is 1. The van der Waals surface area contributed by atoms with Gasteiger partial charge in [0.2, 0.25) is 0 Å². The van der Waals surface area contributed by atoms with Crippen LogP contribution in [-0.2, 0) is 10.0 Å². The first-order chi connectivity index (χ1) is 14.5. The van der Waals surface area contributed by atoms with Gasteiger partial charge in [0, 0.05) is 23.7 Å². The monoisotopic (exact) mass is 423 g/mol. The zero-order valence-electron chi connectivity index (χ0n) is 17.1. The van der Waals surface area contributed by atoms with Crippen LogP contribution in [0.1, 0.15) is 37.5 Å². The fourth-order valence-electron chi connectivity index (χ4n) is 4.73. The Balaban J connectivity index is 1.67. The number of hydrogen-bond acceptors (Lipinski definition) is 5. The molecule has 5 rings (SSSR count). The van der Waals surface area contributed by atoms with E-state index in [9.17, 15) is 8.42 Å². The van der Waals surface area contributed by atoms with E-state index in [0.717, 1.165) is 47.9 Å². The smallest absolute Gasteiger partial charge is 0.269 e. The molecule has 156 valence electrons. The minimum atomic E-state index is -3.72. The van der Waals surface area contributed by atoms with Gasteiger partial charge in [0.1, 0.15) is 11.3 Å². The second-order valence-corrected chi connectivity index (χ2v) is 9.80. The molecule has 1 N–H and O–H groups in total. The van der Waals surface area contributed by atoms with E-state index in [4.69, 9.17) is 4.98 Å². The number of aromatic nitrogens is 4. The molecule has 3 aromatic heterocycles. The SMILES string of the molecule is CNC1CCC(n2c(C)nc3cnc4c(ccn4S(=O)(=O)c4ccccc4)c32)CC1. The topological polar surface area (TPSA) is 81.8 Å². The Bertz CT molecular complexity index is 1320. The van der Waals surface area contributed by atoms with Gasteiger partial charge in [-0.15, -0.1) is 0 Å². The average Bonchev–Trinajstić information content (AvgIpc) is 3.35. The molecule has 7 nitrogen and oxygen atoms in total. The van der Waals surface area contributed by atoms with Crippen LogP contribution in [0.25, 0.3) is 22.1 Å². The minimum absolute atomic E-state index is 0.250. The van der Waals surface area contributed by atoms with Gasteiger partial charge in [-0.05, 0) is 57.9 Å². The van der Waals surface area contributed by atoms with Gasteiger partial charge >= 0.3 is 0 Å². The molecular formula is C22H25N5O2S. The van der Waals surface area contributed by atoms with Crippen LogP contribution >= 0.6 is 0 Å². The van der Waals surface area contributed by atoms with Crippen molar-refractivity contribution >= 4 is 32.1 Å². The van der Waals surface area contributed by atoms with Gasteiger partial charge in [-0.3, -0.25) is 0 Å². The molecule has 0 saturated heterocycles. The molecule has 8 heteroatoms. The van der Waals surface area contributed by atoms with E-state index in [-0.39, 0.29) is 4.90 Å². The lowest BCUT2D eigenvalue weighted by Crippen LogP contribution is -2.31. The molecular weight excluding hydrogens is 398 g/mol. The lowest BCUT2D eigenvalue weighted by atomic mass is 9.91. The molecule has 1 saturated carbocycles. The zero-order chi connectivity index (χ0) is 20.9. The second-order valence-electron chi connectivity index (χ2n) is 7.98. The Morgan fingerprint density at radius 2 is 1.80 bits per heavy atom. The summed E-state index contributed by atoms with van der Waals surface area (Å²) in [6.45, 7) is 2.02. The molecule has 1 aliphatic carbocycles. The van der Waals surface area contributed by atoms with Crippen LogP contribution in [0.5, 0.6) is 0 Å². The number of hydrogen-bond donors (Lipinski definition) is 1. The summed E-state index contributed by atoms with van der Waals surface area (Å²) < 4.78 is 30.0. The van der Waals surface area contributed by atoms with E-state index in [1.165, 1.54) is 3.97 Å². The minimum Gasteiger partial charge on any atom is -0.324 e. The average molecular weight is 424 g/mol. The molecule has 0 atom stereocenters. The first kappa shape index (κ1) is 19.3. The standard InChI is InChI=1S/C22H25N5O2S/c1-15-25-20-14-24-22-19(21(20)27(15)17-10-8-16(23-2)9-11-17)12-13-26(22)30(28,29)18-6-4-3-5-7-18/h3-7,12-14,16-17,23H,8-11H2,1-2H3. The van der Waals surface area contributed by atoms with E-state index in [1.807, 2.05) is 20.0 Å². The van der Waals surface area contributed by atoms with Gasteiger partial charge in [0.15, 0.2) is 5.65 Å². The number of pyridine rings is 1. The highest BCUT2D eigenvalue weighted by atomic mass is 32.2. The third kappa shape index (κ3) is 2.94. The molecule has 1 fully saturated rings. The van der Waals surface area contributed by atoms with E-state index in [0.29, 0.717) is 17.7 Å². The van der Waals surface area contributed by atoms with Crippen LogP contribution in [-0.4, -0.2) is 40.0 Å². The molecule has 1 aliphatic rings. The van der Waals surface area contributed by atoms with Crippen molar-refractivity contribution in [2.75, 3.05) is 7.05 Å². The number of benzene rings is 1. The predicted octanol–water partition coefficient (Wildman–Crippen LogP) is 3.63. The molecule has 0 aliphatic heterocycles. The Hall–Kier alpha value is -2.71. The quantitative estimate of drug-likeness (QED) is 0.542. The third-order valence-electron chi connectivity index (χ3n) is 6.28. The first-order valence-corrected chi connectivity index (χ1v) is 11.8. The predicted molar refractivity (Wildman–Crippen MR) is 117 cm³/mol. The highest BCUT2D eigenvalue weighted by Gasteiger charge is 2.27. The van der Waals surface area contributed by atoms with Crippen molar-refractivity contribution in [3.05, 3.63) is 54.6 Å². The Kier molecular flexibility index (Phi) is 4.63. The summed E-state index contributed by atoms with van der Waals surface area (Å²) in [5.41, 5.74) is 2.23. The normalized spacial score (nSPS) is 20.2. The van der Waals surface area contributed by atoms with Crippen molar-refractivity contribution in [2.45, 2.75) is 49.6 Å².